The van der Waals surface area contributed by atoms with Gasteiger partial charge >= 0.3 is 5.97 Å². The molecule has 1 heterocycles. The summed E-state index contributed by atoms with van der Waals surface area (Å²) < 4.78 is 15.8. The number of thiocarbonyl (C=S) groups is 1. The van der Waals surface area contributed by atoms with E-state index in [0.717, 1.165) is 5.56 Å². The van der Waals surface area contributed by atoms with E-state index < -0.39 is 0 Å². The van der Waals surface area contributed by atoms with Crippen LogP contribution in [0.25, 0.3) is 6.08 Å². The number of benzene rings is 1. The zero-order chi connectivity index (χ0) is 18.4. The maximum Gasteiger partial charge on any atom is 0.307 e. The van der Waals surface area contributed by atoms with E-state index in [1.807, 2.05) is 13.0 Å². The second kappa shape index (κ2) is 8.87. The fourth-order valence-electron chi connectivity index (χ4n) is 2.20. The molecule has 0 spiro atoms. The van der Waals surface area contributed by atoms with Gasteiger partial charge in [0.15, 0.2) is 11.5 Å². The number of ether oxygens (including phenoxy) is 3. The smallest absolute Gasteiger partial charge is 0.307 e. The monoisotopic (exact) mass is 381 g/mol. The Kier molecular flexibility index (Phi) is 6.83. The Morgan fingerprint density at radius 3 is 2.72 bits per heavy atom. The number of carbonyl (C=O) groups is 2. The highest BCUT2D eigenvalue weighted by atomic mass is 32.2. The number of carbonyl (C=O) groups excluding carboxylic acids is 2. The summed E-state index contributed by atoms with van der Waals surface area (Å²) in [6, 6.07) is 5.44. The molecule has 0 atom stereocenters. The summed E-state index contributed by atoms with van der Waals surface area (Å²) in [6.45, 7) is 2.64. The Balaban J connectivity index is 2.17. The lowest BCUT2D eigenvalue weighted by atomic mass is 10.2. The van der Waals surface area contributed by atoms with Crippen molar-refractivity contribution in [2.75, 3.05) is 27.4 Å². The van der Waals surface area contributed by atoms with Gasteiger partial charge in [0.2, 0.25) is 0 Å². The van der Waals surface area contributed by atoms with Gasteiger partial charge in [0.1, 0.15) is 4.32 Å². The molecule has 1 aliphatic rings. The van der Waals surface area contributed by atoms with Crippen LogP contribution in [0, 0.1) is 0 Å². The SMILES string of the molecule is CCOc1ccc(/C=C2/SC(=S)N(CCC(=O)OC)C2=O)cc1OC. The van der Waals surface area contributed by atoms with E-state index in [4.69, 9.17) is 21.7 Å². The van der Waals surface area contributed by atoms with Crippen molar-refractivity contribution < 1.29 is 23.8 Å². The first-order chi connectivity index (χ1) is 12.0. The van der Waals surface area contributed by atoms with Crippen molar-refractivity contribution in [2.24, 2.45) is 0 Å². The highest BCUT2D eigenvalue weighted by molar-refractivity contribution is 8.26. The van der Waals surface area contributed by atoms with Crippen molar-refractivity contribution in [3.63, 3.8) is 0 Å². The number of thioether (sulfide) groups is 1. The van der Waals surface area contributed by atoms with Crippen molar-refractivity contribution in [1.82, 2.24) is 4.90 Å². The normalized spacial score (nSPS) is 15.6. The average Bonchev–Trinajstić information content (AvgIpc) is 2.87. The number of hydrogen-bond donors (Lipinski definition) is 0. The molecule has 8 heteroatoms. The summed E-state index contributed by atoms with van der Waals surface area (Å²) in [5.41, 5.74) is 0.800. The molecule has 1 fully saturated rings. The first-order valence-corrected chi connectivity index (χ1v) is 8.85. The van der Waals surface area contributed by atoms with Crippen LogP contribution in [0.5, 0.6) is 11.5 Å². The summed E-state index contributed by atoms with van der Waals surface area (Å²) in [5, 5.41) is 0. The van der Waals surface area contributed by atoms with Crippen LogP contribution in [0.1, 0.15) is 18.9 Å². The van der Waals surface area contributed by atoms with Crippen molar-refractivity contribution >= 4 is 46.3 Å². The molecule has 1 aromatic rings. The molecule has 134 valence electrons. The van der Waals surface area contributed by atoms with Crippen LogP contribution in [-0.4, -0.2) is 48.5 Å². The van der Waals surface area contributed by atoms with Crippen LogP contribution in [0.15, 0.2) is 23.1 Å². The van der Waals surface area contributed by atoms with Gasteiger partial charge in [-0.1, -0.05) is 30.0 Å². The fraction of sp³-hybridized carbons (Fsp3) is 0.353. The second-order valence-corrected chi connectivity index (χ2v) is 6.68. The standard InChI is InChI=1S/C17H19NO5S2/c1-4-23-12-6-5-11(9-13(12)21-2)10-14-16(20)18(17(24)25-14)8-7-15(19)22-3/h5-6,9-10H,4,7-8H2,1-3H3/b14-10+. The molecule has 0 radical (unpaired) electrons. The van der Waals surface area contributed by atoms with E-state index >= 15 is 0 Å². The van der Waals surface area contributed by atoms with E-state index in [-0.39, 0.29) is 24.8 Å². The maximum absolute atomic E-state index is 12.5. The van der Waals surface area contributed by atoms with E-state index in [1.54, 1.807) is 25.3 Å². The second-order valence-electron chi connectivity index (χ2n) is 5.00. The van der Waals surface area contributed by atoms with Gasteiger partial charge in [-0.2, -0.15) is 0 Å². The Labute approximate surface area is 156 Å². The molecule has 25 heavy (non-hydrogen) atoms. The molecule has 0 aromatic heterocycles. The number of amides is 1. The largest absolute Gasteiger partial charge is 0.493 e. The molecule has 1 aromatic carbocycles. The van der Waals surface area contributed by atoms with Crippen molar-refractivity contribution in [1.29, 1.82) is 0 Å². The highest BCUT2D eigenvalue weighted by Gasteiger charge is 2.32. The zero-order valence-electron chi connectivity index (χ0n) is 14.2. The molecule has 1 saturated heterocycles. The van der Waals surface area contributed by atoms with Crippen LogP contribution >= 0.6 is 24.0 Å². The molecule has 0 bridgehead atoms. The highest BCUT2D eigenvalue weighted by Crippen LogP contribution is 2.34. The summed E-state index contributed by atoms with van der Waals surface area (Å²) in [7, 11) is 2.87. The van der Waals surface area contributed by atoms with Crippen LogP contribution in [0.3, 0.4) is 0 Å². The van der Waals surface area contributed by atoms with Gasteiger partial charge in [-0.15, -0.1) is 0 Å². The third kappa shape index (κ3) is 4.73. The van der Waals surface area contributed by atoms with Crippen LogP contribution in [-0.2, 0) is 14.3 Å². The van der Waals surface area contributed by atoms with Gasteiger partial charge < -0.3 is 14.2 Å². The zero-order valence-corrected chi connectivity index (χ0v) is 15.9. The topological polar surface area (TPSA) is 65.1 Å². The van der Waals surface area contributed by atoms with Gasteiger partial charge in [-0.25, -0.2) is 0 Å². The number of methoxy groups -OCH3 is 2. The van der Waals surface area contributed by atoms with Crippen LogP contribution < -0.4 is 9.47 Å². The minimum atomic E-state index is -0.380. The minimum Gasteiger partial charge on any atom is -0.493 e. The molecule has 6 nitrogen and oxygen atoms in total. The molecule has 0 saturated carbocycles. The fourth-order valence-corrected chi connectivity index (χ4v) is 3.51. The molecule has 0 N–H and O–H groups in total. The van der Waals surface area contributed by atoms with E-state index in [0.29, 0.717) is 27.3 Å². The number of rotatable bonds is 7. The summed E-state index contributed by atoms with van der Waals surface area (Å²) in [5.74, 6) is 0.644. The summed E-state index contributed by atoms with van der Waals surface area (Å²) in [6.07, 6.45) is 1.85. The Morgan fingerprint density at radius 1 is 1.32 bits per heavy atom. The summed E-state index contributed by atoms with van der Waals surface area (Å²) in [4.78, 5) is 25.7. The molecular weight excluding hydrogens is 362 g/mol. The minimum absolute atomic E-state index is 0.104. The third-order valence-electron chi connectivity index (χ3n) is 3.43. The molecule has 2 rings (SSSR count). The van der Waals surface area contributed by atoms with Gasteiger partial charge in [-0.05, 0) is 30.7 Å². The van der Waals surface area contributed by atoms with Crippen molar-refractivity contribution in [3.05, 3.63) is 28.7 Å². The van der Waals surface area contributed by atoms with Crippen LogP contribution in [0.2, 0.25) is 0 Å². The predicted octanol–water partition coefficient (Wildman–Crippen LogP) is 2.86. The van der Waals surface area contributed by atoms with Gasteiger partial charge in [0, 0.05) is 6.54 Å². The van der Waals surface area contributed by atoms with Crippen molar-refractivity contribution in [2.45, 2.75) is 13.3 Å². The maximum atomic E-state index is 12.5. The molecule has 1 aliphatic heterocycles. The number of esters is 1. The molecule has 0 unspecified atom stereocenters. The van der Waals surface area contributed by atoms with Gasteiger partial charge in [0.25, 0.3) is 5.91 Å². The number of hydrogen-bond acceptors (Lipinski definition) is 7. The molecule has 0 aliphatic carbocycles. The first kappa shape index (κ1) is 19.3. The average molecular weight is 381 g/mol. The Bertz CT molecular complexity index is 717. The lowest BCUT2D eigenvalue weighted by Crippen LogP contribution is -2.30. The van der Waals surface area contributed by atoms with Crippen LogP contribution in [0.4, 0.5) is 0 Å². The lowest BCUT2D eigenvalue weighted by Gasteiger charge is -2.13. The Morgan fingerprint density at radius 2 is 2.08 bits per heavy atom. The van der Waals surface area contributed by atoms with E-state index in [9.17, 15) is 9.59 Å². The predicted molar refractivity (Wildman–Crippen MR) is 101 cm³/mol. The molecular formula is C17H19NO5S2. The number of nitrogens with zero attached hydrogens (tertiary/aromatic N) is 1. The molecule has 1 amide bonds. The van der Waals surface area contributed by atoms with E-state index in [2.05, 4.69) is 4.74 Å². The lowest BCUT2D eigenvalue weighted by molar-refractivity contribution is -0.140. The summed E-state index contributed by atoms with van der Waals surface area (Å²) >= 11 is 6.44. The quantitative estimate of drug-likeness (QED) is 0.409. The van der Waals surface area contributed by atoms with E-state index in [1.165, 1.54) is 23.8 Å². The Hall–Kier alpha value is -2.06. The van der Waals surface area contributed by atoms with Gasteiger partial charge in [0.05, 0.1) is 32.2 Å². The van der Waals surface area contributed by atoms with Gasteiger partial charge in [-0.3, -0.25) is 14.5 Å². The van der Waals surface area contributed by atoms with Crippen molar-refractivity contribution in [3.8, 4) is 11.5 Å². The third-order valence-corrected chi connectivity index (χ3v) is 4.80. The first-order valence-electron chi connectivity index (χ1n) is 7.63.